The van der Waals surface area contributed by atoms with E-state index < -0.39 is 5.97 Å². The van der Waals surface area contributed by atoms with Crippen LogP contribution in [0.2, 0.25) is 0 Å². The Balaban J connectivity index is 1.35. The first-order valence-corrected chi connectivity index (χ1v) is 9.33. The lowest BCUT2D eigenvalue weighted by molar-refractivity contribution is -0.139. The minimum Gasteiger partial charge on any atom is -0.480 e. The van der Waals surface area contributed by atoms with E-state index in [0.717, 1.165) is 38.3 Å². The van der Waals surface area contributed by atoms with Gasteiger partial charge in [-0.05, 0) is 56.0 Å². The molecule has 0 bridgehead atoms. The van der Waals surface area contributed by atoms with Crippen LogP contribution in [0.4, 0.5) is 0 Å². The van der Waals surface area contributed by atoms with E-state index in [2.05, 4.69) is 47.5 Å². The fourth-order valence-electron chi connectivity index (χ4n) is 3.66. The molecule has 2 fully saturated rings. The summed E-state index contributed by atoms with van der Waals surface area (Å²) in [6.45, 7) is 4.51. The van der Waals surface area contributed by atoms with Gasteiger partial charge in [0, 0.05) is 18.6 Å². The van der Waals surface area contributed by atoms with Crippen molar-refractivity contribution in [2.24, 2.45) is 11.8 Å². The molecule has 4 nitrogen and oxygen atoms in total. The van der Waals surface area contributed by atoms with Crippen molar-refractivity contribution in [3.63, 3.8) is 0 Å². The summed E-state index contributed by atoms with van der Waals surface area (Å²) in [6.07, 6.45) is 5.86. The van der Waals surface area contributed by atoms with Gasteiger partial charge in [-0.2, -0.15) is 0 Å². The minimum absolute atomic E-state index is 0.207. The fraction of sp³-hybridized carbons (Fsp3) is 0.650. The number of carboxylic acid groups (broad SMARTS) is 1. The number of rotatable bonds is 10. The molecule has 0 heterocycles. The Labute approximate surface area is 145 Å². The van der Waals surface area contributed by atoms with Crippen LogP contribution in [0.3, 0.4) is 0 Å². The molecular formula is C20H30N2O2. The summed E-state index contributed by atoms with van der Waals surface area (Å²) in [6, 6.07) is 11.7. The third-order valence-electron chi connectivity index (χ3n) is 5.34. The SMILES string of the molecule is CC(CNC1CC(N(CC(=O)O)CC2CC2)C1)Cc1ccccc1. The van der Waals surface area contributed by atoms with Crippen molar-refractivity contribution in [2.75, 3.05) is 19.6 Å². The summed E-state index contributed by atoms with van der Waals surface area (Å²) < 4.78 is 0. The van der Waals surface area contributed by atoms with Gasteiger partial charge in [-0.15, -0.1) is 0 Å². The lowest BCUT2D eigenvalue weighted by Gasteiger charge is -2.43. The van der Waals surface area contributed by atoms with Crippen molar-refractivity contribution in [3.05, 3.63) is 35.9 Å². The molecule has 0 radical (unpaired) electrons. The van der Waals surface area contributed by atoms with Crippen LogP contribution in [0, 0.1) is 11.8 Å². The number of nitrogens with one attached hydrogen (secondary N) is 1. The highest BCUT2D eigenvalue weighted by atomic mass is 16.4. The van der Waals surface area contributed by atoms with E-state index in [1.807, 2.05) is 0 Å². The molecule has 1 unspecified atom stereocenters. The molecule has 24 heavy (non-hydrogen) atoms. The van der Waals surface area contributed by atoms with Gasteiger partial charge in [0.05, 0.1) is 6.54 Å². The van der Waals surface area contributed by atoms with E-state index in [-0.39, 0.29) is 6.54 Å². The Morgan fingerprint density at radius 1 is 1.29 bits per heavy atom. The molecule has 3 rings (SSSR count). The Morgan fingerprint density at radius 3 is 2.62 bits per heavy atom. The van der Waals surface area contributed by atoms with E-state index in [4.69, 9.17) is 5.11 Å². The minimum atomic E-state index is -0.691. The number of hydrogen-bond acceptors (Lipinski definition) is 3. The maximum atomic E-state index is 11.1. The van der Waals surface area contributed by atoms with E-state index in [1.54, 1.807) is 0 Å². The molecule has 1 aromatic rings. The lowest BCUT2D eigenvalue weighted by Crippen LogP contribution is -2.54. The second kappa shape index (κ2) is 8.13. The molecule has 0 spiro atoms. The van der Waals surface area contributed by atoms with Gasteiger partial charge in [-0.3, -0.25) is 9.69 Å². The van der Waals surface area contributed by atoms with E-state index >= 15 is 0 Å². The van der Waals surface area contributed by atoms with Crippen LogP contribution in [0.15, 0.2) is 30.3 Å². The number of carboxylic acids is 1. The van der Waals surface area contributed by atoms with Crippen molar-refractivity contribution in [1.82, 2.24) is 10.2 Å². The van der Waals surface area contributed by atoms with Crippen LogP contribution in [0.5, 0.6) is 0 Å². The molecule has 0 aliphatic heterocycles. The zero-order valence-corrected chi connectivity index (χ0v) is 14.7. The molecule has 4 heteroatoms. The first kappa shape index (κ1) is 17.4. The third-order valence-corrected chi connectivity index (χ3v) is 5.34. The lowest BCUT2D eigenvalue weighted by atomic mass is 9.84. The second-order valence-electron chi connectivity index (χ2n) is 7.79. The van der Waals surface area contributed by atoms with Gasteiger partial charge in [0.1, 0.15) is 0 Å². The second-order valence-corrected chi connectivity index (χ2v) is 7.79. The summed E-state index contributed by atoms with van der Waals surface area (Å²) in [5, 5.41) is 12.8. The highest BCUT2D eigenvalue weighted by Crippen LogP contribution is 2.33. The maximum Gasteiger partial charge on any atom is 0.317 e. The number of benzene rings is 1. The zero-order chi connectivity index (χ0) is 16.9. The molecule has 0 aromatic heterocycles. The predicted octanol–water partition coefficient (Wildman–Crippen LogP) is 2.78. The third kappa shape index (κ3) is 5.32. The maximum absolute atomic E-state index is 11.1. The standard InChI is InChI=1S/C20H30N2O2/c1-15(9-16-5-3-2-4-6-16)12-21-18-10-19(11-18)22(14-20(23)24)13-17-7-8-17/h2-6,15,17-19,21H,7-14H2,1H3,(H,23,24). The average molecular weight is 330 g/mol. The van der Waals surface area contributed by atoms with Crippen molar-refractivity contribution < 1.29 is 9.90 Å². The highest BCUT2D eigenvalue weighted by molar-refractivity contribution is 5.69. The van der Waals surface area contributed by atoms with Gasteiger partial charge in [0.15, 0.2) is 0 Å². The fourth-order valence-corrected chi connectivity index (χ4v) is 3.66. The van der Waals surface area contributed by atoms with Gasteiger partial charge in [0.2, 0.25) is 0 Å². The summed E-state index contributed by atoms with van der Waals surface area (Å²) in [7, 11) is 0. The van der Waals surface area contributed by atoms with Crippen molar-refractivity contribution in [3.8, 4) is 0 Å². The van der Waals surface area contributed by atoms with Crippen LogP contribution in [0.25, 0.3) is 0 Å². The smallest absolute Gasteiger partial charge is 0.317 e. The first-order valence-electron chi connectivity index (χ1n) is 9.33. The van der Waals surface area contributed by atoms with Gasteiger partial charge in [-0.1, -0.05) is 37.3 Å². The van der Waals surface area contributed by atoms with Crippen molar-refractivity contribution in [1.29, 1.82) is 0 Å². The zero-order valence-electron chi connectivity index (χ0n) is 14.7. The molecule has 2 N–H and O–H groups in total. The molecule has 2 saturated carbocycles. The molecular weight excluding hydrogens is 300 g/mol. The van der Waals surface area contributed by atoms with E-state index in [0.29, 0.717) is 18.0 Å². The van der Waals surface area contributed by atoms with Crippen LogP contribution >= 0.6 is 0 Å². The Hall–Kier alpha value is -1.39. The van der Waals surface area contributed by atoms with Gasteiger partial charge in [0.25, 0.3) is 0 Å². The number of hydrogen-bond donors (Lipinski definition) is 2. The molecule has 1 atom stereocenters. The van der Waals surface area contributed by atoms with Gasteiger partial charge >= 0.3 is 5.97 Å². The monoisotopic (exact) mass is 330 g/mol. The number of carbonyl (C=O) groups is 1. The molecule has 2 aliphatic carbocycles. The first-order chi connectivity index (χ1) is 11.6. The van der Waals surface area contributed by atoms with Crippen molar-refractivity contribution >= 4 is 5.97 Å². The quantitative estimate of drug-likeness (QED) is 0.693. The Bertz CT molecular complexity index is 524. The van der Waals surface area contributed by atoms with E-state index in [9.17, 15) is 4.79 Å². The molecule has 132 valence electrons. The molecule has 2 aliphatic rings. The van der Waals surface area contributed by atoms with E-state index in [1.165, 1.54) is 18.4 Å². The summed E-state index contributed by atoms with van der Waals surface area (Å²) in [5.41, 5.74) is 1.40. The van der Waals surface area contributed by atoms with Crippen LogP contribution < -0.4 is 5.32 Å². The van der Waals surface area contributed by atoms with Crippen LogP contribution in [0.1, 0.15) is 38.2 Å². The summed E-state index contributed by atoms with van der Waals surface area (Å²) in [4.78, 5) is 13.3. The molecule has 0 saturated heterocycles. The molecule has 1 aromatic carbocycles. The highest BCUT2D eigenvalue weighted by Gasteiger charge is 2.36. The largest absolute Gasteiger partial charge is 0.480 e. The Morgan fingerprint density at radius 2 is 2.00 bits per heavy atom. The van der Waals surface area contributed by atoms with Crippen molar-refractivity contribution in [2.45, 2.75) is 51.1 Å². The topological polar surface area (TPSA) is 52.6 Å². The van der Waals surface area contributed by atoms with Gasteiger partial charge < -0.3 is 10.4 Å². The number of aliphatic carboxylic acids is 1. The average Bonchev–Trinajstić information content (AvgIpc) is 3.30. The normalized spacial score (nSPS) is 24.6. The van der Waals surface area contributed by atoms with Crippen LogP contribution in [-0.4, -0.2) is 47.7 Å². The molecule has 0 amide bonds. The summed E-state index contributed by atoms with van der Waals surface area (Å²) >= 11 is 0. The van der Waals surface area contributed by atoms with Gasteiger partial charge in [-0.25, -0.2) is 0 Å². The van der Waals surface area contributed by atoms with Crippen LogP contribution in [-0.2, 0) is 11.2 Å². The Kier molecular flexibility index (Phi) is 5.90. The summed E-state index contributed by atoms with van der Waals surface area (Å²) in [5.74, 6) is 0.679. The number of nitrogens with zero attached hydrogens (tertiary/aromatic N) is 1. The predicted molar refractivity (Wildman–Crippen MR) is 96.1 cm³/mol.